The van der Waals surface area contributed by atoms with E-state index in [1.807, 2.05) is 0 Å². The smallest absolute Gasteiger partial charge is 0.328 e. The van der Waals surface area contributed by atoms with Gasteiger partial charge in [-0.3, -0.25) is 0 Å². The third kappa shape index (κ3) is 1.78. The van der Waals surface area contributed by atoms with Gasteiger partial charge in [-0.05, 0) is 24.6 Å². The number of aliphatic carboxylic acids is 1. The molecule has 1 aromatic carbocycles. The molecule has 4 heteroatoms. The van der Waals surface area contributed by atoms with Crippen molar-refractivity contribution in [1.29, 1.82) is 0 Å². The van der Waals surface area contributed by atoms with E-state index in [2.05, 4.69) is 0 Å². The summed E-state index contributed by atoms with van der Waals surface area (Å²) in [6.07, 6.45) is 0. The quantitative estimate of drug-likeness (QED) is 0.579. The van der Waals surface area contributed by atoms with Gasteiger partial charge in [0.05, 0.1) is 0 Å². The average Bonchev–Trinajstić information content (AvgIpc) is 2.04. The highest BCUT2D eigenvalue weighted by Crippen LogP contribution is 2.19. The van der Waals surface area contributed by atoms with E-state index in [9.17, 15) is 4.79 Å². The molecular weight excluding hydrogens is 168 g/mol. The Morgan fingerprint density at radius 1 is 1.54 bits per heavy atom. The van der Waals surface area contributed by atoms with Crippen LogP contribution in [0.3, 0.4) is 0 Å². The van der Waals surface area contributed by atoms with Gasteiger partial charge in [-0.25, -0.2) is 4.79 Å². The molecule has 0 radical (unpaired) electrons. The summed E-state index contributed by atoms with van der Waals surface area (Å²) in [5, 5.41) is 8.82. The topological polar surface area (TPSA) is 89.3 Å². The fourth-order valence-electron chi connectivity index (χ4n) is 0.985. The van der Waals surface area contributed by atoms with Crippen molar-refractivity contribution in [3.63, 3.8) is 0 Å². The number of carboxylic acid groups (broad SMARTS) is 1. The molecule has 0 aliphatic heterocycles. The van der Waals surface area contributed by atoms with Crippen molar-refractivity contribution in [1.82, 2.24) is 0 Å². The molecule has 1 aromatic rings. The molecule has 0 aliphatic carbocycles. The maximum atomic E-state index is 10.8. The van der Waals surface area contributed by atoms with Gasteiger partial charge in [0.25, 0.3) is 0 Å². The molecule has 0 saturated heterocycles. The van der Waals surface area contributed by atoms with Crippen molar-refractivity contribution in [2.24, 2.45) is 5.73 Å². The number of carboxylic acids is 1. The summed E-state index contributed by atoms with van der Waals surface area (Å²) >= 11 is 0. The maximum Gasteiger partial charge on any atom is 0.328 e. The van der Waals surface area contributed by atoms with Crippen LogP contribution in [0.4, 0.5) is 5.69 Å². The second-order valence-electron chi connectivity index (χ2n) is 3.13. The lowest BCUT2D eigenvalue weighted by molar-refractivity contribution is -0.143. The fourth-order valence-corrected chi connectivity index (χ4v) is 0.985. The van der Waals surface area contributed by atoms with Gasteiger partial charge in [0.1, 0.15) is 5.54 Å². The zero-order valence-corrected chi connectivity index (χ0v) is 7.32. The van der Waals surface area contributed by atoms with E-state index in [1.54, 1.807) is 24.3 Å². The lowest BCUT2D eigenvalue weighted by Gasteiger charge is -2.19. The summed E-state index contributed by atoms with van der Waals surface area (Å²) < 4.78 is 0. The molecule has 1 unspecified atom stereocenters. The highest BCUT2D eigenvalue weighted by atomic mass is 16.4. The Labute approximate surface area is 76.2 Å². The second kappa shape index (κ2) is 3.06. The molecule has 4 nitrogen and oxygen atoms in total. The number of benzene rings is 1. The molecule has 70 valence electrons. The Morgan fingerprint density at radius 2 is 2.15 bits per heavy atom. The van der Waals surface area contributed by atoms with Crippen molar-refractivity contribution < 1.29 is 9.90 Å². The number of carbonyl (C=O) groups is 1. The van der Waals surface area contributed by atoms with E-state index >= 15 is 0 Å². The Kier molecular flexibility index (Phi) is 2.25. The molecule has 1 atom stereocenters. The first-order valence-electron chi connectivity index (χ1n) is 3.83. The Balaban J connectivity index is 3.14. The third-order valence-electron chi connectivity index (χ3n) is 1.93. The van der Waals surface area contributed by atoms with Crippen LogP contribution >= 0.6 is 0 Å². The first kappa shape index (κ1) is 9.54. The SMILES string of the molecule is CC(N)(C(=O)O)c1cccc(N)c1. The van der Waals surface area contributed by atoms with Crippen LogP contribution in [0.5, 0.6) is 0 Å². The van der Waals surface area contributed by atoms with Crippen LogP contribution in [0.2, 0.25) is 0 Å². The van der Waals surface area contributed by atoms with Crippen LogP contribution in [0.25, 0.3) is 0 Å². The van der Waals surface area contributed by atoms with Gasteiger partial charge in [-0.15, -0.1) is 0 Å². The molecular formula is C9H12N2O2. The van der Waals surface area contributed by atoms with Crippen LogP contribution < -0.4 is 11.5 Å². The highest BCUT2D eigenvalue weighted by Gasteiger charge is 2.29. The number of hydrogen-bond donors (Lipinski definition) is 3. The zero-order chi connectivity index (χ0) is 10.1. The molecule has 0 heterocycles. The number of nitrogens with two attached hydrogens (primary N) is 2. The van der Waals surface area contributed by atoms with Crippen molar-refractivity contribution in [3.8, 4) is 0 Å². The van der Waals surface area contributed by atoms with E-state index in [1.165, 1.54) is 6.92 Å². The van der Waals surface area contributed by atoms with E-state index in [0.717, 1.165) is 0 Å². The monoisotopic (exact) mass is 180 g/mol. The molecule has 13 heavy (non-hydrogen) atoms. The molecule has 0 aromatic heterocycles. The molecule has 0 saturated carbocycles. The normalized spacial score (nSPS) is 14.9. The van der Waals surface area contributed by atoms with E-state index < -0.39 is 11.5 Å². The van der Waals surface area contributed by atoms with Crippen molar-refractivity contribution in [2.75, 3.05) is 5.73 Å². The average molecular weight is 180 g/mol. The van der Waals surface area contributed by atoms with E-state index in [4.69, 9.17) is 16.6 Å². The fraction of sp³-hybridized carbons (Fsp3) is 0.222. The lowest BCUT2D eigenvalue weighted by atomic mass is 9.93. The summed E-state index contributed by atoms with van der Waals surface area (Å²) in [7, 11) is 0. The molecule has 5 N–H and O–H groups in total. The lowest BCUT2D eigenvalue weighted by Crippen LogP contribution is -2.41. The van der Waals surface area contributed by atoms with Gasteiger partial charge in [0.2, 0.25) is 0 Å². The molecule has 0 amide bonds. The highest BCUT2D eigenvalue weighted by molar-refractivity contribution is 5.80. The molecule has 0 fully saturated rings. The third-order valence-corrected chi connectivity index (χ3v) is 1.93. The summed E-state index contributed by atoms with van der Waals surface area (Å²) in [6.45, 7) is 1.43. The predicted molar refractivity (Wildman–Crippen MR) is 50.0 cm³/mol. The zero-order valence-electron chi connectivity index (χ0n) is 7.32. The summed E-state index contributed by atoms with van der Waals surface area (Å²) in [6, 6.07) is 6.57. The van der Waals surface area contributed by atoms with Crippen molar-refractivity contribution >= 4 is 11.7 Å². The second-order valence-corrected chi connectivity index (χ2v) is 3.13. The number of nitrogen functional groups attached to an aromatic ring is 1. The van der Waals surface area contributed by atoms with Gasteiger partial charge in [0.15, 0.2) is 0 Å². The minimum Gasteiger partial charge on any atom is -0.480 e. The van der Waals surface area contributed by atoms with Crippen LogP contribution in [0.15, 0.2) is 24.3 Å². The maximum absolute atomic E-state index is 10.8. The largest absolute Gasteiger partial charge is 0.480 e. The minimum absolute atomic E-state index is 0.500. The standard InChI is InChI=1S/C9H12N2O2/c1-9(11,8(12)13)6-3-2-4-7(10)5-6/h2-5H,10-11H2,1H3,(H,12,13). The molecule has 0 spiro atoms. The molecule has 1 rings (SSSR count). The first-order valence-corrected chi connectivity index (χ1v) is 3.83. The van der Waals surface area contributed by atoms with Gasteiger partial charge in [-0.2, -0.15) is 0 Å². The number of anilines is 1. The Hall–Kier alpha value is -1.55. The first-order chi connectivity index (χ1) is 5.94. The summed E-state index contributed by atoms with van der Waals surface area (Å²) in [5.74, 6) is -1.07. The van der Waals surface area contributed by atoms with Crippen LogP contribution in [-0.4, -0.2) is 11.1 Å². The predicted octanol–water partition coefficient (Wildman–Crippen LogP) is 0.527. The number of rotatable bonds is 2. The Morgan fingerprint density at radius 3 is 2.62 bits per heavy atom. The van der Waals surface area contributed by atoms with Crippen molar-refractivity contribution in [2.45, 2.75) is 12.5 Å². The molecule has 0 bridgehead atoms. The van der Waals surface area contributed by atoms with Crippen LogP contribution in [0, 0.1) is 0 Å². The van der Waals surface area contributed by atoms with Crippen molar-refractivity contribution in [3.05, 3.63) is 29.8 Å². The van der Waals surface area contributed by atoms with Gasteiger partial charge in [-0.1, -0.05) is 12.1 Å². The van der Waals surface area contributed by atoms with Crippen LogP contribution in [-0.2, 0) is 10.3 Å². The van der Waals surface area contributed by atoms with E-state index in [0.29, 0.717) is 11.3 Å². The molecule has 0 aliphatic rings. The van der Waals surface area contributed by atoms with Gasteiger partial charge in [0, 0.05) is 5.69 Å². The summed E-state index contributed by atoms with van der Waals surface area (Å²) in [5.41, 5.74) is 10.7. The summed E-state index contributed by atoms with van der Waals surface area (Å²) in [4.78, 5) is 10.8. The van der Waals surface area contributed by atoms with Gasteiger partial charge < -0.3 is 16.6 Å². The van der Waals surface area contributed by atoms with Crippen LogP contribution in [0.1, 0.15) is 12.5 Å². The number of hydrogen-bond acceptors (Lipinski definition) is 3. The Bertz CT molecular complexity index is 334. The van der Waals surface area contributed by atoms with E-state index in [-0.39, 0.29) is 0 Å². The minimum atomic E-state index is -1.38. The van der Waals surface area contributed by atoms with Gasteiger partial charge >= 0.3 is 5.97 Å².